The van der Waals surface area contributed by atoms with Gasteiger partial charge in [0.25, 0.3) is 0 Å². The molecule has 0 saturated heterocycles. The summed E-state index contributed by atoms with van der Waals surface area (Å²) in [6, 6.07) is 10.4. The summed E-state index contributed by atoms with van der Waals surface area (Å²) < 4.78 is 0. The minimum atomic E-state index is 0.511. The average molecular weight is 264 g/mol. The Hall–Kier alpha value is -0.840. The number of hydrogen-bond acceptors (Lipinski definition) is 4. The maximum Gasteiger partial charge on any atom is 0.103 e. The van der Waals surface area contributed by atoms with Crippen LogP contribution in [0, 0.1) is 0 Å². The first-order valence-corrected chi connectivity index (χ1v) is 7.64. The van der Waals surface area contributed by atoms with Crippen LogP contribution in [-0.2, 0) is 12.3 Å². The molecule has 4 heteroatoms. The topological polar surface area (TPSA) is 38.9 Å². The van der Waals surface area contributed by atoms with Crippen LogP contribution in [-0.4, -0.2) is 10.7 Å². The van der Waals surface area contributed by atoms with Crippen molar-refractivity contribution in [2.75, 3.05) is 5.75 Å². The van der Waals surface area contributed by atoms with Gasteiger partial charge in [-0.05, 0) is 11.3 Å². The van der Waals surface area contributed by atoms with Crippen molar-refractivity contribution < 1.29 is 0 Å². The lowest BCUT2D eigenvalue weighted by atomic mass is 10.1. The first-order valence-electron chi connectivity index (χ1n) is 5.67. The van der Waals surface area contributed by atoms with Crippen molar-refractivity contribution >= 4 is 23.1 Å². The van der Waals surface area contributed by atoms with Gasteiger partial charge in [-0.2, -0.15) is 11.8 Å². The minimum Gasteiger partial charge on any atom is -0.325 e. The Morgan fingerprint density at radius 1 is 1.29 bits per heavy atom. The van der Waals surface area contributed by atoms with Crippen LogP contribution in [0.2, 0.25) is 0 Å². The summed E-state index contributed by atoms with van der Waals surface area (Å²) in [6.45, 7) is 2.68. The predicted octanol–water partition coefficient (Wildman–Crippen LogP) is 3.52. The van der Waals surface area contributed by atoms with Crippen molar-refractivity contribution in [2.24, 2.45) is 5.73 Å². The molecule has 0 radical (unpaired) electrons. The van der Waals surface area contributed by atoms with Gasteiger partial charge in [0.2, 0.25) is 0 Å². The fourth-order valence-corrected chi connectivity index (χ4v) is 3.43. The second-order valence-corrected chi connectivity index (χ2v) is 5.95. The number of thiazole rings is 1. The third-order valence-corrected chi connectivity index (χ3v) is 4.62. The highest BCUT2D eigenvalue weighted by Gasteiger charge is 2.11. The highest BCUT2D eigenvalue weighted by Crippen LogP contribution is 2.31. The van der Waals surface area contributed by atoms with Crippen LogP contribution in [0.4, 0.5) is 0 Å². The molecule has 0 saturated carbocycles. The lowest BCUT2D eigenvalue weighted by molar-refractivity contribution is 0.998. The van der Waals surface area contributed by atoms with E-state index in [0.717, 1.165) is 17.2 Å². The van der Waals surface area contributed by atoms with Crippen LogP contribution in [0.25, 0.3) is 10.4 Å². The second-order valence-electron chi connectivity index (χ2n) is 3.59. The highest BCUT2D eigenvalue weighted by atomic mass is 32.2. The fourth-order valence-electron chi connectivity index (χ4n) is 1.61. The summed E-state index contributed by atoms with van der Waals surface area (Å²) in [4.78, 5) is 5.84. The Labute approximate surface area is 110 Å². The second kappa shape index (κ2) is 6.19. The van der Waals surface area contributed by atoms with Crippen molar-refractivity contribution in [1.29, 1.82) is 0 Å². The molecular formula is C13H16N2S2. The van der Waals surface area contributed by atoms with Crippen LogP contribution < -0.4 is 5.73 Å². The van der Waals surface area contributed by atoms with Gasteiger partial charge in [-0.25, -0.2) is 4.98 Å². The van der Waals surface area contributed by atoms with E-state index in [2.05, 4.69) is 36.2 Å². The van der Waals surface area contributed by atoms with E-state index in [-0.39, 0.29) is 0 Å². The maximum atomic E-state index is 5.77. The molecule has 17 heavy (non-hydrogen) atoms. The Morgan fingerprint density at radius 3 is 2.71 bits per heavy atom. The Balaban J connectivity index is 2.30. The van der Waals surface area contributed by atoms with E-state index in [0.29, 0.717) is 6.54 Å². The van der Waals surface area contributed by atoms with E-state index in [1.54, 1.807) is 11.3 Å². The zero-order chi connectivity index (χ0) is 12.1. The third kappa shape index (κ3) is 3.09. The largest absolute Gasteiger partial charge is 0.325 e. The average Bonchev–Trinajstić information content (AvgIpc) is 2.80. The van der Waals surface area contributed by atoms with Gasteiger partial charge in [-0.1, -0.05) is 37.3 Å². The Morgan fingerprint density at radius 2 is 2.06 bits per heavy atom. The summed E-state index contributed by atoms with van der Waals surface area (Å²) in [7, 11) is 0. The third-order valence-electron chi connectivity index (χ3n) is 2.40. The molecule has 1 aromatic heterocycles. The standard InChI is InChI=1S/C13H16N2S2/c1-2-16-9-12-15-11(8-14)13(17-12)10-6-4-3-5-7-10/h3-7H,2,8-9,14H2,1H3. The van der Waals surface area contributed by atoms with Gasteiger partial charge in [0.05, 0.1) is 10.6 Å². The number of benzene rings is 1. The Kier molecular flexibility index (Phi) is 4.59. The van der Waals surface area contributed by atoms with Crippen molar-refractivity contribution in [3.63, 3.8) is 0 Å². The van der Waals surface area contributed by atoms with Crippen molar-refractivity contribution in [3.05, 3.63) is 41.0 Å². The van der Waals surface area contributed by atoms with Gasteiger partial charge in [-0.3, -0.25) is 0 Å². The predicted molar refractivity (Wildman–Crippen MR) is 77.3 cm³/mol. The molecule has 2 rings (SSSR count). The molecule has 2 nitrogen and oxygen atoms in total. The monoisotopic (exact) mass is 264 g/mol. The van der Waals surface area contributed by atoms with Gasteiger partial charge in [0, 0.05) is 12.3 Å². The Bertz CT molecular complexity index is 466. The molecule has 2 aromatic rings. The summed E-state index contributed by atoms with van der Waals surface area (Å²) in [5.74, 6) is 2.11. The van der Waals surface area contributed by atoms with Crippen LogP contribution in [0.1, 0.15) is 17.6 Å². The highest BCUT2D eigenvalue weighted by molar-refractivity contribution is 7.98. The lowest BCUT2D eigenvalue weighted by Crippen LogP contribution is -1.98. The SMILES string of the molecule is CCSCc1nc(CN)c(-c2ccccc2)s1. The zero-order valence-corrected chi connectivity index (χ0v) is 11.5. The molecule has 0 amide bonds. The molecule has 0 atom stereocenters. The van der Waals surface area contributed by atoms with E-state index in [4.69, 9.17) is 5.73 Å². The molecule has 0 aliphatic rings. The molecular weight excluding hydrogens is 248 g/mol. The van der Waals surface area contributed by atoms with Gasteiger partial charge < -0.3 is 5.73 Å². The molecule has 0 fully saturated rings. The maximum absolute atomic E-state index is 5.77. The molecule has 0 aliphatic heterocycles. The lowest BCUT2D eigenvalue weighted by Gasteiger charge is -1.98. The fraction of sp³-hybridized carbons (Fsp3) is 0.308. The van der Waals surface area contributed by atoms with Crippen LogP contribution in [0.15, 0.2) is 30.3 Å². The first kappa shape index (κ1) is 12.6. The molecule has 0 spiro atoms. The molecule has 2 N–H and O–H groups in total. The zero-order valence-electron chi connectivity index (χ0n) is 9.85. The molecule has 0 unspecified atom stereocenters. The first-order chi connectivity index (χ1) is 8.35. The van der Waals surface area contributed by atoms with Crippen LogP contribution in [0.3, 0.4) is 0 Å². The summed E-state index contributed by atoms with van der Waals surface area (Å²) in [5, 5.41) is 1.18. The van der Waals surface area contributed by atoms with Crippen molar-refractivity contribution in [1.82, 2.24) is 4.98 Å². The van der Waals surface area contributed by atoms with Crippen molar-refractivity contribution in [3.8, 4) is 10.4 Å². The van der Waals surface area contributed by atoms with Gasteiger partial charge in [0.1, 0.15) is 5.01 Å². The molecule has 1 aromatic carbocycles. The number of thioether (sulfide) groups is 1. The molecule has 0 bridgehead atoms. The quantitative estimate of drug-likeness (QED) is 0.898. The minimum absolute atomic E-state index is 0.511. The summed E-state index contributed by atoms with van der Waals surface area (Å²) in [5.41, 5.74) is 8.01. The number of nitrogens with zero attached hydrogens (tertiary/aromatic N) is 1. The molecule has 1 heterocycles. The smallest absolute Gasteiger partial charge is 0.103 e. The van der Waals surface area contributed by atoms with E-state index < -0.39 is 0 Å². The van der Waals surface area contributed by atoms with E-state index in [1.165, 1.54) is 15.4 Å². The number of rotatable bonds is 5. The van der Waals surface area contributed by atoms with Crippen LogP contribution >= 0.6 is 23.1 Å². The van der Waals surface area contributed by atoms with E-state index in [9.17, 15) is 0 Å². The van der Waals surface area contributed by atoms with E-state index in [1.807, 2.05) is 17.8 Å². The number of nitrogens with two attached hydrogens (primary N) is 1. The van der Waals surface area contributed by atoms with Crippen LogP contribution in [0.5, 0.6) is 0 Å². The van der Waals surface area contributed by atoms with Gasteiger partial charge in [-0.15, -0.1) is 11.3 Å². The molecule has 90 valence electrons. The van der Waals surface area contributed by atoms with E-state index >= 15 is 0 Å². The molecule has 0 aliphatic carbocycles. The normalized spacial score (nSPS) is 10.7. The number of aromatic nitrogens is 1. The van der Waals surface area contributed by atoms with Gasteiger partial charge >= 0.3 is 0 Å². The summed E-state index contributed by atoms with van der Waals surface area (Å²) in [6.07, 6.45) is 0. The van der Waals surface area contributed by atoms with Gasteiger partial charge in [0.15, 0.2) is 0 Å². The number of hydrogen-bond donors (Lipinski definition) is 1. The summed E-state index contributed by atoms with van der Waals surface area (Å²) >= 11 is 3.66. The van der Waals surface area contributed by atoms with Crippen molar-refractivity contribution in [2.45, 2.75) is 19.2 Å².